The van der Waals surface area contributed by atoms with Crippen molar-refractivity contribution in [2.75, 3.05) is 33.9 Å². The van der Waals surface area contributed by atoms with Gasteiger partial charge in [0.1, 0.15) is 23.3 Å². The van der Waals surface area contributed by atoms with Crippen molar-refractivity contribution < 1.29 is 28.6 Å². The Morgan fingerprint density at radius 2 is 1.39 bits per heavy atom. The number of benzene rings is 2. The number of rotatable bonds is 6. The summed E-state index contributed by atoms with van der Waals surface area (Å²) < 4.78 is 16.6. The van der Waals surface area contributed by atoms with Gasteiger partial charge in [0.2, 0.25) is 5.91 Å². The molecule has 1 atom stereocenters. The summed E-state index contributed by atoms with van der Waals surface area (Å²) in [6.07, 6.45) is 2.76. The van der Waals surface area contributed by atoms with Crippen LogP contribution in [0.5, 0.6) is 11.5 Å². The highest BCUT2D eigenvalue weighted by Crippen LogP contribution is 2.39. The van der Waals surface area contributed by atoms with Crippen LogP contribution in [0.1, 0.15) is 46.4 Å². The molecule has 3 aliphatic rings. The van der Waals surface area contributed by atoms with Gasteiger partial charge in [-0.25, -0.2) is 0 Å². The van der Waals surface area contributed by atoms with Crippen molar-refractivity contribution in [2.45, 2.75) is 43.5 Å². The van der Waals surface area contributed by atoms with Crippen LogP contribution in [-0.2, 0) is 9.53 Å². The lowest BCUT2D eigenvalue weighted by atomic mass is 9.96. The van der Waals surface area contributed by atoms with Crippen LogP contribution in [0, 0.1) is 0 Å². The second kappa shape index (κ2) is 9.81. The van der Waals surface area contributed by atoms with Gasteiger partial charge in [-0.1, -0.05) is 0 Å². The Labute approximate surface area is 210 Å². The molecule has 1 saturated carbocycles. The molecule has 9 nitrogen and oxygen atoms in total. The third-order valence-corrected chi connectivity index (χ3v) is 7.21. The number of hydrogen-bond acceptors (Lipinski definition) is 6. The number of nitrogens with one attached hydrogen (secondary N) is 1. The molecule has 0 bridgehead atoms. The zero-order chi connectivity index (χ0) is 25.3. The normalized spacial score (nSPS) is 20.8. The number of nitrogens with zero attached hydrogens (tertiary/aromatic N) is 2. The van der Waals surface area contributed by atoms with Crippen molar-refractivity contribution in [3.63, 3.8) is 0 Å². The topological polar surface area (TPSA) is 97.4 Å². The highest BCUT2D eigenvalue weighted by atomic mass is 16.5. The average Bonchev–Trinajstić information content (AvgIpc) is 3.67. The Kier molecular flexibility index (Phi) is 6.57. The quantitative estimate of drug-likeness (QED) is 0.664. The maximum atomic E-state index is 13.8. The number of hydrogen-bond donors (Lipinski definition) is 1. The summed E-state index contributed by atoms with van der Waals surface area (Å²) in [4.78, 5) is 43.3. The average molecular weight is 494 g/mol. The fourth-order valence-electron chi connectivity index (χ4n) is 4.94. The Bertz CT molecular complexity index is 1120. The molecule has 3 fully saturated rings. The first-order valence-corrected chi connectivity index (χ1v) is 12.3. The Hall–Kier alpha value is -3.59. The molecule has 3 amide bonds. The van der Waals surface area contributed by atoms with Crippen LogP contribution in [0.25, 0.3) is 0 Å². The molecule has 2 heterocycles. The summed E-state index contributed by atoms with van der Waals surface area (Å²) in [7, 11) is 3.15. The van der Waals surface area contributed by atoms with E-state index in [1.165, 1.54) is 0 Å². The van der Waals surface area contributed by atoms with Crippen molar-refractivity contribution >= 4 is 17.7 Å². The number of piperidine rings is 1. The number of carbonyl (C=O) groups is 3. The highest BCUT2D eigenvalue weighted by Gasteiger charge is 2.54. The summed E-state index contributed by atoms with van der Waals surface area (Å²) in [5, 5.41) is 3.02. The highest BCUT2D eigenvalue weighted by molar-refractivity contribution is 5.99. The first kappa shape index (κ1) is 24.1. The number of carbonyl (C=O) groups excluding carboxylic acids is 3. The molecule has 9 heteroatoms. The van der Waals surface area contributed by atoms with Crippen molar-refractivity contribution in [3.8, 4) is 11.5 Å². The molecule has 5 rings (SSSR count). The molecule has 1 aliphatic carbocycles. The molecule has 2 aliphatic heterocycles. The first-order valence-electron chi connectivity index (χ1n) is 12.3. The SMILES string of the molecule is COc1ccc(C(=O)N2CCC3(CC2)OCC(C(=O)NC2CC2)N3C(=O)c2ccc(OC)cc2)cc1. The third kappa shape index (κ3) is 4.63. The van der Waals surface area contributed by atoms with Crippen LogP contribution >= 0.6 is 0 Å². The largest absolute Gasteiger partial charge is 0.497 e. The van der Waals surface area contributed by atoms with Gasteiger partial charge in [0.25, 0.3) is 11.8 Å². The minimum Gasteiger partial charge on any atom is -0.497 e. The van der Waals surface area contributed by atoms with Gasteiger partial charge >= 0.3 is 0 Å². The van der Waals surface area contributed by atoms with Gasteiger partial charge in [0.15, 0.2) is 0 Å². The fourth-order valence-corrected chi connectivity index (χ4v) is 4.94. The van der Waals surface area contributed by atoms with E-state index in [0.717, 1.165) is 12.8 Å². The number of ether oxygens (including phenoxy) is 3. The summed E-state index contributed by atoms with van der Waals surface area (Å²) in [5.74, 6) is 0.801. The van der Waals surface area contributed by atoms with Crippen molar-refractivity contribution in [1.82, 2.24) is 15.1 Å². The van der Waals surface area contributed by atoms with E-state index in [2.05, 4.69) is 5.32 Å². The lowest BCUT2D eigenvalue weighted by molar-refractivity contribution is -0.128. The maximum Gasteiger partial charge on any atom is 0.256 e. The van der Waals surface area contributed by atoms with Crippen LogP contribution in [0.3, 0.4) is 0 Å². The van der Waals surface area contributed by atoms with E-state index in [9.17, 15) is 14.4 Å². The van der Waals surface area contributed by atoms with Crippen molar-refractivity contribution in [3.05, 3.63) is 59.7 Å². The van der Waals surface area contributed by atoms with Gasteiger partial charge in [-0.15, -0.1) is 0 Å². The van der Waals surface area contributed by atoms with Gasteiger partial charge < -0.3 is 24.4 Å². The molecule has 1 unspecified atom stereocenters. The summed E-state index contributed by atoms with van der Waals surface area (Å²) in [6.45, 7) is 0.954. The molecule has 2 aromatic carbocycles. The maximum absolute atomic E-state index is 13.8. The third-order valence-electron chi connectivity index (χ3n) is 7.21. The van der Waals surface area contributed by atoms with Crippen molar-refractivity contribution in [2.24, 2.45) is 0 Å². The van der Waals surface area contributed by atoms with Crippen LogP contribution in [0.2, 0.25) is 0 Å². The fraction of sp³-hybridized carbons (Fsp3) is 0.444. The van der Waals surface area contributed by atoms with E-state index in [4.69, 9.17) is 14.2 Å². The van der Waals surface area contributed by atoms with E-state index in [1.54, 1.807) is 72.6 Å². The van der Waals surface area contributed by atoms with E-state index in [-0.39, 0.29) is 30.4 Å². The predicted octanol–water partition coefficient (Wildman–Crippen LogP) is 2.46. The number of methoxy groups -OCH3 is 2. The Morgan fingerprint density at radius 3 is 1.89 bits per heavy atom. The standard InChI is InChI=1S/C27H31N3O6/c1-34-21-9-3-18(4-10-21)25(32)29-15-13-27(14-16-29)30(23(17-36-27)24(31)28-20-7-8-20)26(33)19-5-11-22(35-2)12-6-19/h3-6,9-12,20,23H,7-8,13-17H2,1-2H3,(H,28,31). The number of amides is 3. The Balaban J connectivity index is 1.35. The summed E-state index contributed by atoms with van der Waals surface area (Å²) >= 11 is 0. The van der Waals surface area contributed by atoms with Crippen LogP contribution < -0.4 is 14.8 Å². The second-order valence-electron chi connectivity index (χ2n) is 9.48. The summed E-state index contributed by atoms with van der Waals surface area (Å²) in [6, 6.07) is 13.3. The zero-order valence-electron chi connectivity index (χ0n) is 20.6. The monoisotopic (exact) mass is 493 g/mol. The van der Waals surface area contributed by atoms with Gasteiger partial charge in [0.05, 0.1) is 20.8 Å². The molecule has 1 spiro atoms. The molecule has 36 heavy (non-hydrogen) atoms. The Morgan fingerprint density at radius 1 is 0.861 bits per heavy atom. The van der Waals surface area contributed by atoms with Crippen LogP contribution in [0.4, 0.5) is 0 Å². The molecular formula is C27H31N3O6. The predicted molar refractivity (Wildman–Crippen MR) is 131 cm³/mol. The zero-order valence-corrected chi connectivity index (χ0v) is 20.6. The minimum atomic E-state index is -0.945. The van der Waals surface area contributed by atoms with E-state index < -0.39 is 11.8 Å². The molecular weight excluding hydrogens is 462 g/mol. The molecule has 2 aromatic rings. The van der Waals surface area contributed by atoms with Crippen molar-refractivity contribution in [1.29, 1.82) is 0 Å². The lowest BCUT2D eigenvalue weighted by Gasteiger charge is -2.44. The first-order chi connectivity index (χ1) is 17.4. The molecule has 2 saturated heterocycles. The van der Waals surface area contributed by atoms with E-state index in [1.807, 2.05) is 0 Å². The van der Waals surface area contributed by atoms with E-state index >= 15 is 0 Å². The molecule has 0 radical (unpaired) electrons. The second-order valence-corrected chi connectivity index (χ2v) is 9.48. The van der Waals surface area contributed by atoms with Gasteiger partial charge in [-0.3, -0.25) is 19.3 Å². The van der Waals surface area contributed by atoms with Gasteiger partial charge in [-0.2, -0.15) is 0 Å². The molecule has 190 valence electrons. The van der Waals surface area contributed by atoms with Gasteiger partial charge in [-0.05, 0) is 61.4 Å². The molecule has 1 N–H and O–H groups in total. The number of likely N-dealkylation sites (tertiary alicyclic amines) is 1. The van der Waals surface area contributed by atoms with E-state index in [0.29, 0.717) is 48.6 Å². The summed E-state index contributed by atoms with van der Waals surface area (Å²) in [5.41, 5.74) is 0.0905. The minimum absolute atomic E-state index is 0.0819. The smallest absolute Gasteiger partial charge is 0.256 e. The van der Waals surface area contributed by atoms with Crippen LogP contribution in [0.15, 0.2) is 48.5 Å². The van der Waals surface area contributed by atoms with Gasteiger partial charge in [0, 0.05) is 43.1 Å². The molecule has 0 aromatic heterocycles. The van der Waals surface area contributed by atoms with Crippen LogP contribution in [-0.4, -0.2) is 79.2 Å². The lowest BCUT2D eigenvalue weighted by Crippen LogP contribution is -2.60.